The number of anilines is 1. The molecule has 6 nitrogen and oxygen atoms in total. The van der Waals surface area contributed by atoms with Gasteiger partial charge in [0.1, 0.15) is 11.6 Å². The molecular formula is C21H19BrN2O4. The smallest absolute Gasteiger partial charge is 0.231 e. The molecule has 1 aromatic heterocycles. The van der Waals surface area contributed by atoms with Crippen molar-refractivity contribution in [1.29, 1.82) is 0 Å². The molecule has 0 radical (unpaired) electrons. The maximum atomic E-state index is 10.4. The van der Waals surface area contributed by atoms with Gasteiger partial charge in [-0.15, -0.1) is 0 Å². The summed E-state index contributed by atoms with van der Waals surface area (Å²) in [4.78, 5) is 4.68. The van der Waals surface area contributed by atoms with Crippen LogP contribution in [0.5, 0.6) is 17.2 Å². The van der Waals surface area contributed by atoms with E-state index in [9.17, 15) is 5.11 Å². The SMILES string of the molecule is COCCNc1cc(-c2cccc3c2OCO3)cc(-c2cc(Br)ccc2O)n1. The zero-order chi connectivity index (χ0) is 19.5. The lowest BCUT2D eigenvalue weighted by Crippen LogP contribution is -2.09. The van der Waals surface area contributed by atoms with E-state index in [0.29, 0.717) is 36.0 Å². The van der Waals surface area contributed by atoms with Crippen LogP contribution in [0.3, 0.4) is 0 Å². The second-order valence-corrected chi connectivity index (χ2v) is 7.16. The predicted octanol–water partition coefficient (Wildman–Crippen LogP) is 4.67. The summed E-state index contributed by atoms with van der Waals surface area (Å²) in [5.41, 5.74) is 3.10. The number of nitrogens with one attached hydrogen (secondary N) is 1. The van der Waals surface area contributed by atoms with E-state index in [0.717, 1.165) is 21.3 Å². The lowest BCUT2D eigenvalue weighted by Gasteiger charge is -2.13. The van der Waals surface area contributed by atoms with Gasteiger partial charge in [-0.1, -0.05) is 28.1 Å². The number of methoxy groups -OCH3 is 1. The van der Waals surface area contributed by atoms with Crippen molar-refractivity contribution in [3.8, 4) is 39.6 Å². The van der Waals surface area contributed by atoms with Crippen molar-refractivity contribution in [3.63, 3.8) is 0 Å². The van der Waals surface area contributed by atoms with Crippen LogP contribution in [0.1, 0.15) is 0 Å². The van der Waals surface area contributed by atoms with Gasteiger partial charge in [0.2, 0.25) is 6.79 Å². The minimum atomic E-state index is 0.161. The highest BCUT2D eigenvalue weighted by atomic mass is 79.9. The van der Waals surface area contributed by atoms with E-state index in [1.807, 2.05) is 36.4 Å². The minimum absolute atomic E-state index is 0.161. The van der Waals surface area contributed by atoms with Gasteiger partial charge >= 0.3 is 0 Å². The average Bonchev–Trinajstić information content (AvgIpc) is 3.19. The van der Waals surface area contributed by atoms with Crippen LogP contribution in [0.25, 0.3) is 22.4 Å². The Labute approximate surface area is 171 Å². The zero-order valence-electron chi connectivity index (χ0n) is 15.2. The molecule has 0 spiro atoms. The Morgan fingerprint density at radius 1 is 1.14 bits per heavy atom. The van der Waals surface area contributed by atoms with Crippen molar-refractivity contribution >= 4 is 21.7 Å². The van der Waals surface area contributed by atoms with Crippen LogP contribution >= 0.6 is 15.9 Å². The molecule has 28 heavy (non-hydrogen) atoms. The summed E-state index contributed by atoms with van der Waals surface area (Å²) in [6, 6.07) is 14.9. The molecule has 7 heteroatoms. The Bertz CT molecular complexity index is 1010. The molecule has 0 aliphatic carbocycles. The summed E-state index contributed by atoms with van der Waals surface area (Å²) >= 11 is 3.46. The molecule has 0 fully saturated rings. The van der Waals surface area contributed by atoms with E-state index in [-0.39, 0.29) is 12.5 Å². The molecule has 2 N–H and O–H groups in total. The number of para-hydroxylation sites is 1. The number of phenolic OH excluding ortho intramolecular Hbond substituents is 1. The predicted molar refractivity (Wildman–Crippen MR) is 111 cm³/mol. The van der Waals surface area contributed by atoms with Gasteiger partial charge in [0.15, 0.2) is 11.5 Å². The van der Waals surface area contributed by atoms with E-state index in [1.165, 1.54) is 0 Å². The standard InChI is InChI=1S/C21H19BrN2O4/c1-26-8-7-23-20-10-13(15-3-2-4-19-21(15)28-12-27-19)9-17(24-20)16-11-14(22)5-6-18(16)25/h2-6,9-11,25H,7-8,12H2,1H3,(H,23,24). The van der Waals surface area contributed by atoms with E-state index in [4.69, 9.17) is 14.2 Å². The van der Waals surface area contributed by atoms with Crippen molar-refractivity contribution in [3.05, 3.63) is 53.0 Å². The summed E-state index contributed by atoms with van der Waals surface area (Å²) < 4.78 is 17.2. The van der Waals surface area contributed by atoms with E-state index >= 15 is 0 Å². The van der Waals surface area contributed by atoms with Gasteiger partial charge in [0, 0.05) is 29.3 Å². The third kappa shape index (κ3) is 3.76. The van der Waals surface area contributed by atoms with Gasteiger partial charge < -0.3 is 24.6 Å². The Hall–Kier alpha value is -2.77. The molecule has 0 amide bonds. The number of hydrogen-bond acceptors (Lipinski definition) is 6. The van der Waals surface area contributed by atoms with Crippen LogP contribution in [0.4, 0.5) is 5.82 Å². The van der Waals surface area contributed by atoms with Gasteiger partial charge in [-0.05, 0) is 42.0 Å². The van der Waals surface area contributed by atoms with Crippen molar-refractivity contribution in [2.24, 2.45) is 0 Å². The number of aromatic hydroxyl groups is 1. The van der Waals surface area contributed by atoms with Crippen LogP contribution in [-0.2, 0) is 4.74 Å². The van der Waals surface area contributed by atoms with Gasteiger partial charge in [0.05, 0.1) is 12.3 Å². The average molecular weight is 443 g/mol. The third-order valence-corrected chi connectivity index (χ3v) is 4.87. The number of ether oxygens (including phenoxy) is 3. The van der Waals surface area contributed by atoms with Crippen LogP contribution in [0.2, 0.25) is 0 Å². The van der Waals surface area contributed by atoms with Crippen LogP contribution < -0.4 is 14.8 Å². The second-order valence-electron chi connectivity index (χ2n) is 6.25. The quantitative estimate of drug-likeness (QED) is 0.540. The highest BCUT2D eigenvalue weighted by Gasteiger charge is 2.20. The molecule has 1 aliphatic rings. The van der Waals surface area contributed by atoms with Crippen molar-refractivity contribution in [2.75, 3.05) is 32.4 Å². The largest absolute Gasteiger partial charge is 0.507 e. The Morgan fingerprint density at radius 2 is 2.04 bits per heavy atom. The maximum absolute atomic E-state index is 10.4. The van der Waals surface area contributed by atoms with Gasteiger partial charge in [-0.3, -0.25) is 0 Å². The molecule has 0 bridgehead atoms. The first-order chi connectivity index (χ1) is 13.7. The first kappa shape index (κ1) is 18.6. The molecule has 3 aromatic rings. The highest BCUT2D eigenvalue weighted by molar-refractivity contribution is 9.10. The number of pyridine rings is 1. The van der Waals surface area contributed by atoms with Crippen LogP contribution in [-0.4, -0.2) is 37.1 Å². The van der Waals surface area contributed by atoms with E-state index < -0.39 is 0 Å². The molecule has 0 saturated heterocycles. The molecule has 0 unspecified atom stereocenters. The van der Waals surface area contributed by atoms with Crippen LogP contribution in [0.15, 0.2) is 53.0 Å². The summed E-state index contributed by atoms with van der Waals surface area (Å²) in [6.07, 6.45) is 0. The number of aromatic nitrogens is 1. The third-order valence-electron chi connectivity index (χ3n) is 4.38. The summed E-state index contributed by atoms with van der Waals surface area (Å²) in [5, 5.41) is 13.6. The second kappa shape index (κ2) is 8.08. The molecule has 0 saturated carbocycles. The highest BCUT2D eigenvalue weighted by Crippen LogP contribution is 2.43. The molecule has 144 valence electrons. The monoisotopic (exact) mass is 442 g/mol. The number of fused-ring (bicyclic) bond motifs is 1. The number of benzene rings is 2. The number of hydrogen-bond donors (Lipinski definition) is 2. The lowest BCUT2D eigenvalue weighted by molar-refractivity contribution is 0.174. The number of halogens is 1. The molecule has 2 aromatic carbocycles. The zero-order valence-corrected chi connectivity index (χ0v) is 16.8. The van der Waals surface area contributed by atoms with E-state index in [1.54, 1.807) is 19.2 Å². The minimum Gasteiger partial charge on any atom is -0.507 e. The van der Waals surface area contributed by atoms with Crippen LogP contribution in [0, 0.1) is 0 Å². The van der Waals surface area contributed by atoms with Gasteiger partial charge in [-0.25, -0.2) is 4.98 Å². The summed E-state index contributed by atoms with van der Waals surface area (Å²) in [6.45, 7) is 1.38. The number of phenols is 1. The normalized spacial score (nSPS) is 12.2. The van der Waals surface area contributed by atoms with Gasteiger partial charge in [-0.2, -0.15) is 0 Å². The van der Waals surface area contributed by atoms with E-state index in [2.05, 4.69) is 26.2 Å². The topological polar surface area (TPSA) is 72.8 Å². The summed E-state index contributed by atoms with van der Waals surface area (Å²) in [5.74, 6) is 2.27. The number of nitrogens with zero attached hydrogens (tertiary/aromatic N) is 1. The molecule has 4 rings (SSSR count). The fourth-order valence-electron chi connectivity index (χ4n) is 3.07. The first-order valence-corrected chi connectivity index (χ1v) is 9.58. The molecule has 1 aliphatic heterocycles. The van der Waals surface area contributed by atoms with Crippen molar-refractivity contribution < 1.29 is 19.3 Å². The maximum Gasteiger partial charge on any atom is 0.231 e. The van der Waals surface area contributed by atoms with Gasteiger partial charge in [0.25, 0.3) is 0 Å². The lowest BCUT2D eigenvalue weighted by atomic mass is 10.0. The number of rotatable bonds is 6. The van der Waals surface area contributed by atoms with Crippen molar-refractivity contribution in [1.82, 2.24) is 4.98 Å². The summed E-state index contributed by atoms with van der Waals surface area (Å²) in [7, 11) is 1.65. The Kier molecular flexibility index (Phi) is 5.36. The molecule has 2 heterocycles. The molecule has 0 atom stereocenters. The van der Waals surface area contributed by atoms with Crippen molar-refractivity contribution in [2.45, 2.75) is 0 Å². The Morgan fingerprint density at radius 3 is 2.89 bits per heavy atom. The molecular weight excluding hydrogens is 424 g/mol. The fourth-order valence-corrected chi connectivity index (χ4v) is 3.43. The first-order valence-electron chi connectivity index (χ1n) is 8.78. The fraction of sp³-hybridized carbons (Fsp3) is 0.190. The Balaban J connectivity index is 1.83.